The van der Waals surface area contributed by atoms with Crippen molar-refractivity contribution in [3.63, 3.8) is 0 Å². The second-order valence-corrected chi connectivity index (χ2v) is 1.42. The van der Waals surface area contributed by atoms with Gasteiger partial charge in [-0.2, -0.15) is 0 Å². The van der Waals surface area contributed by atoms with E-state index >= 15 is 0 Å². The number of hydrogen-bond acceptors (Lipinski definition) is 4. The van der Waals surface area contributed by atoms with Crippen molar-refractivity contribution in [1.82, 2.24) is 0 Å². The molecule has 0 N–H and O–H groups in total. The van der Waals surface area contributed by atoms with Crippen LogP contribution in [-0.4, -0.2) is 63.3 Å². The van der Waals surface area contributed by atoms with E-state index in [2.05, 4.69) is 16.4 Å². The van der Waals surface area contributed by atoms with Gasteiger partial charge in [-0.3, -0.25) is 0 Å². The fourth-order valence-corrected chi connectivity index (χ4v) is 0.180. The van der Waals surface area contributed by atoms with Gasteiger partial charge in [0.25, 0.3) is 0 Å². The van der Waals surface area contributed by atoms with Gasteiger partial charge in [0.05, 0.1) is 0 Å². The molecule has 0 aromatic rings. The van der Waals surface area contributed by atoms with Gasteiger partial charge in [-0.05, 0) is 0 Å². The SMILES string of the molecule is C=CC(=O)OOC(=O)CC.[K]. The zero-order chi connectivity index (χ0) is 7.98. The number of rotatable bonds is 2. The summed E-state index contributed by atoms with van der Waals surface area (Å²) in [5, 5.41) is 0. The molecule has 0 amide bonds. The third-order valence-corrected chi connectivity index (χ3v) is 0.672. The summed E-state index contributed by atoms with van der Waals surface area (Å²) < 4.78 is 0. The zero-order valence-corrected chi connectivity index (χ0v) is 9.75. The van der Waals surface area contributed by atoms with Crippen LogP contribution >= 0.6 is 0 Å². The van der Waals surface area contributed by atoms with Crippen molar-refractivity contribution in [2.75, 3.05) is 0 Å². The van der Waals surface area contributed by atoms with Crippen molar-refractivity contribution in [3.8, 4) is 0 Å². The Morgan fingerprint density at radius 3 is 2.36 bits per heavy atom. The molecule has 57 valence electrons. The molecule has 0 saturated heterocycles. The van der Waals surface area contributed by atoms with Crippen molar-refractivity contribution in [3.05, 3.63) is 12.7 Å². The summed E-state index contributed by atoms with van der Waals surface area (Å²) in [5.41, 5.74) is 0. The van der Waals surface area contributed by atoms with E-state index in [1.807, 2.05) is 0 Å². The van der Waals surface area contributed by atoms with E-state index in [1.165, 1.54) is 0 Å². The number of carbonyl (C=O) groups excluding carboxylic acids is 2. The first kappa shape index (κ1) is 13.9. The van der Waals surface area contributed by atoms with Crippen molar-refractivity contribution >= 4 is 63.3 Å². The summed E-state index contributed by atoms with van der Waals surface area (Å²) >= 11 is 0. The third-order valence-electron chi connectivity index (χ3n) is 0.672. The van der Waals surface area contributed by atoms with E-state index in [0.29, 0.717) is 0 Å². The summed E-state index contributed by atoms with van der Waals surface area (Å²) in [5.74, 6) is -1.36. The van der Waals surface area contributed by atoms with Crippen LogP contribution < -0.4 is 0 Å². The predicted octanol–water partition coefficient (Wildman–Crippen LogP) is 0.203. The Morgan fingerprint density at radius 1 is 1.45 bits per heavy atom. The Morgan fingerprint density at radius 2 is 2.00 bits per heavy atom. The van der Waals surface area contributed by atoms with Crippen LogP contribution in [0.5, 0.6) is 0 Å². The molecule has 0 saturated carbocycles. The molecular formula is C6H8KO4. The van der Waals surface area contributed by atoms with Crippen LogP contribution in [0.4, 0.5) is 0 Å². The van der Waals surface area contributed by atoms with Gasteiger partial charge in [-0.1, -0.05) is 13.5 Å². The Bertz CT molecular complexity index is 155. The molecule has 0 aliphatic carbocycles. The van der Waals surface area contributed by atoms with E-state index in [-0.39, 0.29) is 57.8 Å². The van der Waals surface area contributed by atoms with E-state index in [1.54, 1.807) is 6.92 Å². The van der Waals surface area contributed by atoms with Gasteiger partial charge in [0.15, 0.2) is 0 Å². The summed E-state index contributed by atoms with van der Waals surface area (Å²) in [6.07, 6.45) is 1.08. The smallest absolute Gasteiger partial charge is 0.247 e. The largest absolute Gasteiger partial charge is 0.378 e. The van der Waals surface area contributed by atoms with Crippen LogP contribution in [0.25, 0.3) is 0 Å². The molecule has 0 unspecified atom stereocenters. The van der Waals surface area contributed by atoms with Crippen LogP contribution in [0.1, 0.15) is 13.3 Å². The standard InChI is InChI=1S/C6H8O4.K/c1-3-5(7)9-10-6(8)4-2;/h3H,1,4H2,2H3;. The maximum absolute atomic E-state index is 10.3. The molecule has 0 atom stereocenters. The minimum Gasteiger partial charge on any atom is -0.247 e. The fourth-order valence-electron chi connectivity index (χ4n) is 0.180. The second kappa shape index (κ2) is 8.41. The average molecular weight is 183 g/mol. The third kappa shape index (κ3) is 8.22. The van der Waals surface area contributed by atoms with Gasteiger partial charge in [-0.15, -0.1) is 0 Å². The van der Waals surface area contributed by atoms with Crippen LogP contribution in [0.2, 0.25) is 0 Å². The molecular weight excluding hydrogens is 175 g/mol. The molecule has 0 aliphatic heterocycles. The van der Waals surface area contributed by atoms with Crippen molar-refractivity contribution < 1.29 is 19.4 Å². The summed E-state index contributed by atoms with van der Waals surface area (Å²) in [6, 6.07) is 0. The zero-order valence-electron chi connectivity index (χ0n) is 6.62. The molecule has 0 rings (SSSR count). The molecule has 1 radical (unpaired) electrons. The summed E-state index contributed by atoms with van der Waals surface area (Å²) in [4.78, 5) is 28.4. The molecule has 0 fully saturated rings. The Hall–Kier alpha value is 0.316. The minimum atomic E-state index is -0.776. The van der Waals surface area contributed by atoms with Crippen LogP contribution in [-0.2, 0) is 19.4 Å². The topological polar surface area (TPSA) is 52.6 Å². The molecule has 5 heteroatoms. The van der Waals surface area contributed by atoms with Crippen molar-refractivity contribution in [1.29, 1.82) is 0 Å². The molecule has 0 bridgehead atoms. The number of hydrogen-bond donors (Lipinski definition) is 0. The molecule has 0 spiro atoms. The van der Waals surface area contributed by atoms with E-state index in [9.17, 15) is 9.59 Å². The van der Waals surface area contributed by atoms with Crippen LogP contribution in [0.15, 0.2) is 12.7 Å². The maximum atomic E-state index is 10.3. The van der Waals surface area contributed by atoms with Crippen LogP contribution in [0.3, 0.4) is 0 Å². The second-order valence-electron chi connectivity index (χ2n) is 1.42. The van der Waals surface area contributed by atoms with Crippen molar-refractivity contribution in [2.45, 2.75) is 13.3 Å². The van der Waals surface area contributed by atoms with Gasteiger partial charge in [0, 0.05) is 63.9 Å². The average Bonchev–Trinajstić information content (AvgIpc) is 1.99. The van der Waals surface area contributed by atoms with Gasteiger partial charge < -0.3 is 0 Å². The molecule has 11 heavy (non-hydrogen) atoms. The first-order chi connectivity index (χ1) is 4.70. The Kier molecular flexibility index (Phi) is 10.6. The molecule has 0 aromatic carbocycles. The first-order valence-electron chi connectivity index (χ1n) is 2.74. The minimum absolute atomic E-state index is 0. The first-order valence-corrected chi connectivity index (χ1v) is 2.74. The quantitative estimate of drug-likeness (QED) is 0.266. The Labute approximate surface area is 107 Å². The van der Waals surface area contributed by atoms with E-state index in [4.69, 9.17) is 0 Å². The van der Waals surface area contributed by atoms with Gasteiger partial charge in [0.2, 0.25) is 0 Å². The monoisotopic (exact) mass is 183 g/mol. The maximum Gasteiger partial charge on any atom is 0.378 e. The molecule has 0 heterocycles. The van der Waals surface area contributed by atoms with E-state index in [0.717, 1.165) is 6.08 Å². The number of carbonyl (C=O) groups is 2. The molecule has 0 aliphatic rings. The summed E-state index contributed by atoms with van der Waals surface area (Å²) in [6.45, 7) is 4.69. The predicted molar refractivity (Wildman–Crippen MR) is 38.4 cm³/mol. The normalized spacial score (nSPS) is 7.36. The Balaban J connectivity index is 0. The molecule has 4 nitrogen and oxygen atoms in total. The fraction of sp³-hybridized carbons (Fsp3) is 0.333. The van der Waals surface area contributed by atoms with Crippen molar-refractivity contribution in [2.24, 2.45) is 0 Å². The van der Waals surface area contributed by atoms with Gasteiger partial charge in [-0.25, -0.2) is 19.4 Å². The van der Waals surface area contributed by atoms with Gasteiger partial charge in [0.1, 0.15) is 0 Å². The van der Waals surface area contributed by atoms with Crippen LogP contribution in [0, 0.1) is 0 Å². The van der Waals surface area contributed by atoms with E-state index < -0.39 is 11.9 Å². The summed E-state index contributed by atoms with van der Waals surface area (Å²) in [7, 11) is 0. The van der Waals surface area contributed by atoms with Gasteiger partial charge >= 0.3 is 11.9 Å². The molecule has 0 aromatic heterocycles.